The van der Waals surface area contributed by atoms with Gasteiger partial charge in [0.15, 0.2) is 0 Å². The van der Waals surface area contributed by atoms with E-state index in [2.05, 4.69) is 25.8 Å². The zero-order valence-electron chi connectivity index (χ0n) is 9.10. The molecule has 2 unspecified atom stereocenters. The minimum absolute atomic E-state index is 0.153. The summed E-state index contributed by atoms with van der Waals surface area (Å²) in [6, 6.07) is 7.20. The van der Waals surface area contributed by atoms with Gasteiger partial charge in [-0.05, 0) is 26.5 Å². The zero-order valence-corrected chi connectivity index (χ0v) is 9.10. The van der Waals surface area contributed by atoms with Gasteiger partial charge in [-0.2, -0.15) is 0 Å². The lowest BCUT2D eigenvalue weighted by Crippen LogP contribution is -2.02. The predicted octanol–water partition coefficient (Wildman–Crippen LogP) is 2.36. The molecule has 2 rings (SSSR count). The van der Waals surface area contributed by atoms with Crippen LogP contribution in [0.15, 0.2) is 24.3 Å². The molecule has 1 aliphatic heterocycles. The minimum atomic E-state index is -0.370. The van der Waals surface area contributed by atoms with Crippen molar-refractivity contribution in [3.8, 4) is 0 Å². The summed E-state index contributed by atoms with van der Waals surface area (Å²) in [6.45, 7) is 4.33. The molecule has 15 heavy (non-hydrogen) atoms. The molecule has 4 nitrogen and oxygen atoms in total. The third kappa shape index (κ3) is 1.51. The normalized spacial score (nSPS) is 27.4. The van der Waals surface area contributed by atoms with Crippen molar-refractivity contribution in [3.05, 3.63) is 39.9 Å². The Kier molecular flexibility index (Phi) is 2.04. The van der Waals surface area contributed by atoms with E-state index in [1.165, 1.54) is 0 Å². The van der Waals surface area contributed by atoms with E-state index < -0.39 is 0 Å². The van der Waals surface area contributed by atoms with E-state index in [0.717, 1.165) is 5.56 Å². The average Bonchev–Trinajstić information content (AvgIpc) is 2.66. The van der Waals surface area contributed by atoms with Crippen molar-refractivity contribution < 1.29 is 4.92 Å². The Hall–Kier alpha value is -1.42. The fraction of sp³-hybridized carbons (Fsp3) is 0.455. The van der Waals surface area contributed by atoms with Crippen molar-refractivity contribution in [1.29, 1.82) is 0 Å². The molecule has 80 valence electrons. The predicted molar refractivity (Wildman–Crippen MR) is 57.7 cm³/mol. The highest BCUT2D eigenvalue weighted by atomic mass is 16.6. The molecule has 0 radical (unpaired) electrons. The van der Waals surface area contributed by atoms with E-state index in [1.54, 1.807) is 12.1 Å². The fourth-order valence-electron chi connectivity index (χ4n) is 2.09. The SMILES string of the molecule is CN1C(c2ccc([N+](=O)[O-])cc2)C1(C)C. The highest BCUT2D eigenvalue weighted by molar-refractivity contribution is 5.38. The molecule has 1 aliphatic rings. The van der Waals surface area contributed by atoms with E-state index in [-0.39, 0.29) is 16.1 Å². The van der Waals surface area contributed by atoms with Gasteiger partial charge in [-0.15, -0.1) is 0 Å². The van der Waals surface area contributed by atoms with E-state index in [0.29, 0.717) is 6.04 Å². The number of rotatable bonds is 2. The van der Waals surface area contributed by atoms with Crippen molar-refractivity contribution in [3.63, 3.8) is 0 Å². The molecule has 1 fully saturated rings. The molecule has 1 aromatic carbocycles. The number of hydrogen-bond donors (Lipinski definition) is 0. The number of non-ortho nitro benzene ring substituents is 1. The van der Waals surface area contributed by atoms with Crippen LogP contribution >= 0.6 is 0 Å². The second-order valence-electron chi connectivity index (χ2n) is 4.52. The lowest BCUT2D eigenvalue weighted by atomic mass is 10.0. The van der Waals surface area contributed by atoms with Crippen LogP contribution in [-0.4, -0.2) is 22.4 Å². The van der Waals surface area contributed by atoms with Crippen LogP contribution in [-0.2, 0) is 0 Å². The number of nitro benzene ring substituents is 1. The van der Waals surface area contributed by atoms with E-state index >= 15 is 0 Å². The Morgan fingerprint density at radius 2 is 1.80 bits per heavy atom. The van der Waals surface area contributed by atoms with Crippen molar-refractivity contribution in [2.45, 2.75) is 25.4 Å². The quantitative estimate of drug-likeness (QED) is 0.424. The van der Waals surface area contributed by atoms with E-state index in [4.69, 9.17) is 0 Å². The Balaban J connectivity index is 2.23. The molecule has 0 saturated carbocycles. The summed E-state index contributed by atoms with van der Waals surface area (Å²) in [5.41, 5.74) is 1.48. The molecule has 0 amide bonds. The minimum Gasteiger partial charge on any atom is -0.290 e. The van der Waals surface area contributed by atoms with E-state index in [1.807, 2.05) is 12.1 Å². The first-order valence-corrected chi connectivity index (χ1v) is 4.92. The van der Waals surface area contributed by atoms with Crippen LogP contribution in [0.3, 0.4) is 0 Å². The number of nitrogens with zero attached hydrogens (tertiary/aromatic N) is 2. The van der Waals surface area contributed by atoms with Gasteiger partial charge in [-0.1, -0.05) is 12.1 Å². The average molecular weight is 206 g/mol. The molecular weight excluding hydrogens is 192 g/mol. The summed E-state index contributed by atoms with van der Waals surface area (Å²) in [7, 11) is 2.06. The fourth-order valence-corrected chi connectivity index (χ4v) is 2.09. The van der Waals surface area contributed by atoms with Crippen LogP contribution in [0.2, 0.25) is 0 Å². The van der Waals surface area contributed by atoms with Crippen molar-refractivity contribution in [2.75, 3.05) is 7.05 Å². The summed E-state index contributed by atoms with van der Waals surface area (Å²) in [5, 5.41) is 10.5. The van der Waals surface area contributed by atoms with Gasteiger partial charge in [0, 0.05) is 17.7 Å². The second kappa shape index (κ2) is 3.03. The van der Waals surface area contributed by atoms with Gasteiger partial charge in [0.25, 0.3) is 5.69 Å². The third-order valence-electron chi connectivity index (χ3n) is 3.32. The largest absolute Gasteiger partial charge is 0.290 e. The van der Waals surface area contributed by atoms with Gasteiger partial charge >= 0.3 is 0 Å². The van der Waals surface area contributed by atoms with Crippen molar-refractivity contribution in [1.82, 2.24) is 4.90 Å². The summed E-state index contributed by atoms with van der Waals surface area (Å²) in [4.78, 5) is 12.4. The number of likely N-dealkylation sites (N-methyl/N-ethyl adjacent to an activating group) is 1. The van der Waals surface area contributed by atoms with Crippen LogP contribution in [0.5, 0.6) is 0 Å². The molecule has 0 bridgehead atoms. The molecule has 4 heteroatoms. The topological polar surface area (TPSA) is 46.1 Å². The Bertz CT molecular complexity index is 398. The monoisotopic (exact) mass is 206 g/mol. The van der Waals surface area contributed by atoms with Crippen molar-refractivity contribution in [2.24, 2.45) is 0 Å². The highest BCUT2D eigenvalue weighted by Gasteiger charge is 2.53. The maximum absolute atomic E-state index is 10.5. The van der Waals surface area contributed by atoms with Gasteiger partial charge in [0.1, 0.15) is 0 Å². The lowest BCUT2D eigenvalue weighted by molar-refractivity contribution is -0.384. The maximum atomic E-state index is 10.5. The van der Waals surface area contributed by atoms with Gasteiger partial charge in [0.05, 0.1) is 11.0 Å². The second-order valence-corrected chi connectivity index (χ2v) is 4.52. The molecule has 2 atom stereocenters. The van der Waals surface area contributed by atoms with Crippen LogP contribution in [0.4, 0.5) is 5.69 Å². The number of benzene rings is 1. The summed E-state index contributed by atoms with van der Waals surface area (Å²) in [5.74, 6) is 0. The number of nitro groups is 1. The Morgan fingerprint density at radius 1 is 1.33 bits per heavy atom. The molecule has 0 N–H and O–H groups in total. The summed E-state index contributed by atoms with van der Waals surface area (Å²) >= 11 is 0. The van der Waals surface area contributed by atoms with Crippen molar-refractivity contribution >= 4 is 5.69 Å². The molecule has 1 saturated heterocycles. The van der Waals surface area contributed by atoms with Crippen LogP contribution < -0.4 is 0 Å². The van der Waals surface area contributed by atoms with Gasteiger partial charge in [0.2, 0.25) is 0 Å². The molecule has 0 aliphatic carbocycles. The maximum Gasteiger partial charge on any atom is 0.269 e. The van der Waals surface area contributed by atoms with Gasteiger partial charge in [-0.25, -0.2) is 0 Å². The molecular formula is C11H14N2O2. The van der Waals surface area contributed by atoms with Crippen LogP contribution in [0.25, 0.3) is 0 Å². The smallest absolute Gasteiger partial charge is 0.269 e. The first-order chi connectivity index (χ1) is 6.94. The first kappa shape index (κ1) is 10.1. The Morgan fingerprint density at radius 3 is 2.13 bits per heavy atom. The van der Waals surface area contributed by atoms with Gasteiger partial charge < -0.3 is 0 Å². The lowest BCUT2D eigenvalue weighted by Gasteiger charge is -1.99. The van der Waals surface area contributed by atoms with Gasteiger partial charge in [-0.3, -0.25) is 15.0 Å². The third-order valence-corrected chi connectivity index (χ3v) is 3.32. The standard InChI is InChI=1S/C11H14N2O2/c1-11(2)10(12(11)3)8-4-6-9(7-5-8)13(14)15/h4-7,10H,1-3H3. The Labute approximate surface area is 88.7 Å². The molecule has 1 heterocycles. The van der Waals surface area contributed by atoms with Crippen LogP contribution in [0, 0.1) is 10.1 Å². The molecule has 0 spiro atoms. The summed E-state index contributed by atoms with van der Waals surface area (Å²) in [6.07, 6.45) is 0. The first-order valence-electron chi connectivity index (χ1n) is 4.92. The number of hydrogen-bond acceptors (Lipinski definition) is 3. The molecule has 1 aromatic rings. The van der Waals surface area contributed by atoms with Crippen LogP contribution in [0.1, 0.15) is 25.5 Å². The highest BCUT2D eigenvalue weighted by Crippen LogP contribution is 2.50. The molecule has 0 aromatic heterocycles. The summed E-state index contributed by atoms with van der Waals surface area (Å²) < 4.78 is 0. The van der Waals surface area contributed by atoms with E-state index in [9.17, 15) is 10.1 Å². The zero-order chi connectivity index (χ0) is 11.2.